The minimum Gasteiger partial charge on any atom is -0.351 e. The molecule has 114 valence electrons. The molecule has 4 N–H and O–H groups in total. The lowest BCUT2D eigenvalue weighted by Crippen LogP contribution is -2.43. The fourth-order valence-corrected chi connectivity index (χ4v) is 1.91. The van der Waals surface area contributed by atoms with E-state index in [4.69, 9.17) is 5.73 Å². The van der Waals surface area contributed by atoms with Crippen LogP contribution in [0.2, 0.25) is 0 Å². The molecule has 1 saturated carbocycles. The van der Waals surface area contributed by atoms with Gasteiger partial charge in [0.05, 0.1) is 6.04 Å². The van der Waals surface area contributed by atoms with Gasteiger partial charge in [0.1, 0.15) is 0 Å². The van der Waals surface area contributed by atoms with Gasteiger partial charge in [0.15, 0.2) is 0 Å². The molecule has 0 bridgehead atoms. The SMILES string of the molecule is CC(C)[C@@H](N)C(=O)NCc1ccc(NC(=O)C2CC2)cc1. The molecule has 0 aromatic heterocycles. The normalized spacial score (nSPS) is 15.6. The Hall–Kier alpha value is -1.88. The number of carbonyl (C=O) groups is 2. The van der Waals surface area contributed by atoms with Gasteiger partial charge in [-0.05, 0) is 36.5 Å². The number of hydrogen-bond donors (Lipinski definition) is 3. The summed E-state index contributed by atoms with van der Waals surface area (Å²) in [5.74, 6) is 0.265. The van der Waals surface area contributed by atoms with Gasteiger partial charge in [-0.15, -0.1) is 0 Å². The fraction of sp³-hybridized carbons (Fsp3) is 0.500. The molecule has 0 unspecified atom stereocenters. The Balaban J connectivity index is 1.81. The van der Waals surface area contributed by atoms with Gasteiger partial charge in [-0.3, -0.25) is 9.59 Å². The molecule has 1 fully saturated rings. The summed E-state index contributed by atoms with van der Waals surface area (Å²) in [5, 5.41) is 5.70. The Morgan fingerprint density at radius 2 is 1.86 bits per heavy atom. The van der Waals surface area contributed by atoms with Crippen LogP contribution < -0.4 is 16.4 Å². The highest BCUT2D eigenvalue weighted by atomic mass is 16.2. The van der Waals surface area contributed by atoms with Gasteiger partial charge in [-0.25, -0.2) is 0 Å². The summed E-state index contributed by atoms with van der Waals surface area (Å²) in [6.45, 7) is 4.28. The van der Waals surface area contributed by atoms with E-state index >= 15 is 0 Å². The summed E-state index contributed by atoms with van der Waals surface area (Å²) >= 11 is 0. The van der Waals surface area contributed by atoms with Gasteiger partial charge in [0.2, 0.25) is 11.8 Å². The number of amides is 2. The second kappa shape index (κ2) is 6.72. The smallest absolute Gasteiger partial charge is 0.237 e. The molecule has 1 atom stereocenters. The number of carbonyl (C=O) groups excluding carboxylic acids is 2. The Bertz CT molecular complexity index is 507. The van der Waals surface area contributed by atoms with Gasteiger partial charge in [0.25, 0.3) is 0 Å². The number of nitrogens with two attached hydrogens (primary N) is 1. The zero-order valence-corrected chi connectivity index (χ0v) is 12.6. The first-order valence-electron chi connectivity index (χ1n) is 7.40. The Morgan fingerprint density at radius 1 is 1.24 bits per heavy atom. The summed E-state index contributed by atoms with van der Waals surface area (Å²) in [7, 11) is 0. The maximum absolute atomic E-state index is 11.8. The van der Waals surface area contributed by atoms with E-state index in [1.54, 1.807) is 0 Å². The Labute approximate surface area is 125 Å². The van der Waals surface area contributed by atoms with Gasteiger partial charge < -0.3 is 16.4 Å². The largest absolute Gasteiger partial charge is 0.351 e. The third-order valence-corrected chi connectivity index (χ3v) is 3.66. The molecule has 0 radical (unpaired) electrons. The van der Waals surface area contributed by atoms with Crippen LogP contribution in [0, 0.1) is 11.8 Å². The third kappa shape index (κ3) is 4.56. The molecule has 5 nitrogen and oxygen atoms in total. The zero-order valence-electron chi connectivity index (χ0n) is 12.6. The van der Waals surface area contributed by atoms with E-state index in [9.17, 15) is 9.59 Å². The van der Waals surface area contributed by atoms with Crippen LogP contribution in [0.15, 0.2) is 24.3 Å². The molecule has 5 heteroatoms. The van der Waals surface area contributed by atoms with Crippen LogP contribution in [-0.2, 0) is 16.1 Å². The average Bonchev–Trinajstić information content (AvgIpc) is 3.29. The molecule has 21 heavy (non-hydrogen) atoms. The van der Waals surface area contributed by atoms with Crippen LogP contribution in [0.25, 0.3) is 0 Å². The number of benzene rings is 1. The number of anilines is 1. The van der Waals surface area contributed by atoms with Crippen LogP contribution in [-0.4, -0.2) is 17.9 Å². The van der Waals surface area contributed by atoms with Crippen molar-refractivity contribution in [3.8, 4) is 0 Å². The first-order valence-corrected chi connectivity index (χ1v) is 7.40. The van der Waals surface area contributed by atoms with Crippen molar-refractivity contribution < 1.29 is 9.59 Å². The van der Waals surface area contributed by atoms with E-state index in [0.29, 0.717) is 6.54 Å². The molecule has 1 aromatic rings. The molecule has 1 aromatic carbocycles. The molecule has 1 aliphatic carbocycles. The maximum Gasteiger partial charge on any atom is 0.237 e. The van der Waals surface area contributed by atoms with E-state index in [1.165, 1.54) is 0 Å². The topological polar surface area (TPSA) is 84.2 Å². The van der Waals surface area contributed by atoms with Crippen molar-refractivity contribution in [1.29, 1.82) is 0 Å². The van der Waals surface area contributed by atoms with Crippen molar-refractivity contribution >= 4 is 17.5 Å². The third-order valence-electron chi connectivity index (χ3n) is 3.66. The van der Waals surface area contributed by atoms with E-state index in [1.807, 2.05) is 38.1 Å². The number of hydrogen-bond acceptors (Lipinski definition) is 3. The molecule has 0 saturated heterocycles. The predicted octanol–water partition coefficient (Wildman–Crippen LogP) is 1.63. The highest BCUT2D eigenvalue weighted by molar-refractivity contribution is 5.94. The van der Waals surface area contributed by atoms with Gasteiger partial charge in [-0.1, -0.05) is 26.0 Å². The molecular weight excluding hydrogens is 266 g/mol. The van der Waals surface area contributed by atoms with E-state index in [0.717, 1.165) is 24.1 Å². The maximum atomic E-state index is 11.8. The zero-order chi connectivity index (χ0) is 15.4. The Morgan fingerprint density at radius 3 is 2.38 bits per heavy atom. The van der Waals surface area contributed by atoms with Crippen LogP contribution in [0.1, 0.15) is 32.3 Å². The van der Waals surface area contributed by atoms with E-state index in [-0.39, 0.29) is 23.7 Å². The summed E-state index contributed by atoms with van der Waals surface area (Å²) in [6, 6.07) is 7.00. The van der Waals surface area contributed by atoms with Crippen molar-refractivity contribution in [3.63, 3.8) is 0 Å². The standard InChI is InChI=1S/C16H23N3O2/c1-10(2)14(17)16(21)18-9-11-3-7-13(8-4-11)19-15(20)12-5-6-12/h3-4,7-8,10,12,14H,5-6,9,17H2,1-2H3,(H,18,21)(H,19,20)/t14-/m1/s1. The first kappa shape index (κ1) is 15.5. The molecule has 0 aliphatic heterocycles. The van der Waals surface area contributed by atoms with Gasteiger partial charge >= 0.3 is 0 Å². The molecule has 1 aliphatic rings. The average molecular weight is 289 g/mol. The van der Waals surface area contributed by atoms with E-state index in [2.05, 4.69) is 10.6 Å². The minimum absolute atomic E-state index is 0.0963. The van der Waals surface area contributed by atoms with Gasteiger partial charge in [0, 0.05) is 18.2 Å². The summed E-state index contributed by atoms with van der Waals surface area (Å²) in [4.78, 5) is 23.4. The highest BCUT2D eigenvalue weighted by Gasteiger charge is 2.29. The second-order valence-electron chi connectivity index (χ2n) is 5.95. The highest BCUT2D eigenvalue weighted by Crippen LogP contribution is 2.30. The Kier molecular flexibility index (Phi) is 4.96. The fourth-order valence-electron chi connectivity index (χ4n) is 1.91. The predicted molar refractivity (Wildman–Crippen MR) is 82.5 cm³/mol. The molecule has 2 amide bonds. The van der Waals surface area contributed by atoms with Crippen LogP contribution in [0.4, 0.5) is 5.69 Å². The molecular formula is C16H23N3O2. The van der Waals surface area contributed by atoms with Crippen LogP contribution >= 0.6 is 0 Å². The molecule has 0 heterocycles. The summed E-state index contributed by atoms with van der Waals surface area (Å²) < 4.78 is 0. The quantitative estimate of drug-likeness (QED) is 0.744. The lowest BCUT2D eigenvalue weighted by atomic mass is 10.0. The van der Waals surface area contributed by atoms with Crippen molar-refractivity contribution in [2.45, 2.75) is 39.3 Å². The minimum atomic E-state index is -0.484. The van der Waals surface area contributed by atoms with Crippen LogP contribution in [0.3, 0.4) is 0 Å². The number of rotatable bonds is 6. The van der Waals surface area contributed by atoms with Gasteiger partial charge in [-0.2, -0.15) is 0 Å². The van der Waals surface area contributed by atoms with Crippen molar-refractivity contribution in [2.24, 2.45) is 17.6 Å². The lowest BCUT2D eigenvalue weighted by molar-refractivity contribution is -0.123. The lowest BCUT2D eigenvalue weighted by Gasteiger charge is -2.15. The molecule has 0 spiro atoms. The summed E-state index contributed by atoms with van der Waals surface area (Å²) in [5.41, 5.74) is 7.55. The van der Waals surface area contributed by atoms with Crippen molar-refractivity contribution in [1.82, 2.24) is 5.32 Å². The molecule has 2 rings (SSSR count). The first-order chi connectivity index (χ1) is 9.97. The van der Waals surface area contributed by atoms with Crippen LogP contribution in [0.5, 0.6) is 0 Å². The van der Waals surface area contributed by atoms with Crippen molar-refractivity contribution in [3.05, 3.63) is 29.8 Å². The summed E-state index contributed by atoms with van der Waals surface area (Å²) in [6.07, 6.45) is 1.98. The second-order valence-corrected chi connectivity index (χ2v) is 5.95. The monoisotopic (exact) mass is 289 g/mol. The van der Waals surface area contributed by atoms with Crippen molar-refractivity contribution in [2.75, 3.05) is 5.32 Å². The van der Waals surface area contributed by atoms with E-state index < -0.39 is 6.04 Å². The number of nitrogens with one attached hydrogen (secondary N) is 2.